The highest BCUT2D eigenvalue weighted by atomic mass is 35.5. The minimum Gasteiger partial charge on any atom is -0.497 e. The van der Waals surface area contributed by atoms with Gasteiger partial charge in [0.25, 0.3) is 5.91 Å². The Balaban J connectivity index is 1.63. The van der Waals surface area contributed by atoms with Crippen LogP contribution in [0.15, 0.2) is 54.9 Å². The fourth-order valence-corrected chi connectivity index (χ4v) is 4.73. The minimum atomic E-state index is -4.77. The van der Waals surface area contributed by atoms with Crippen LogP contribution < -0.4 is 4.74 Å². The molecule has 1 aliphatic heterocycles. The third kappa shape index (κ3) is 4.37. The Morgan fingerprint density at radius 1 is 1.17 bits per heavy atom. The van der Waals surface area contributed by atoms with Crippen LogP contribution in [-0.2, 0) is 6.18 Å². The summed E-state index contributed by atoms with van der Waals surface area (Å²) in [5.41, 5.74) is -0.328. The summed E-state index contributed by atoms with van der Waals surface area (Å²) in [6.45, 7) is 0.428. The molecule has 7 nitrogen and oxygen atoms in total. The number of ether oxygens (including phenoxy) is 1. The quantitative estimate of drug-likeness (QED) is 0.341. The monoisotopic (exact) mass is 515 g/mol. The standard InChI is InChI=1S/C25H21ClF3N5O2/c1-36-17-8-4-6-15(12-17)18-13-20(25(27,28)29)34-23(31-18)21(26)22(32-34)24(35)33-11-3-2-9-19(33)16-7-5-10-30-14-16/h4-8,10,12-14,19H,2-3,9,11H2,1H3/t19-/m0/s1. The van der Waals surface area contributed by atoms with E-state index in [1.807, 2.05) is 6.07 Å². The fourth-order valence-electron chi connectivity index (χ4n) is 4.49. The van der Waals surface area contributed by atoms with Gasteiger partial charge in [0.2, 0.25) is 0 Å². The van der Waals surface area contributed by atoms with Crippen molar-refractivity contribution in [2.24, 2.45) is 0 Å². The predicted molar refractivity (Wildman–Crippen MR) is 127 cm³/mol. The normalized spacial score (nSPS) is 16.4. The minimum absolute atomic E-state index is 0.0285. The van der Waals surface area contributed by atoms with Crippen molar-refractivity contribution in [3.05, 3.63) is 76.8 Å². The highest BCUT2D eigenvalue weighted by molar-refractivity contribution is 6.36. The van der Waals surface area contributed by atoms with Crippen LogP contribution >= 0.6 is 11.6 Å². The summed E-state index contributed by atoms with van der Waals surface area (Å²) < 4.78 is 48.0. The Kier molecular flexibility index (Phi) is 6.29. The summed E-state index contributed by atoms with van der Waals surface area (Å²) >= 11 is 6.51. The third-order valence-electron chi connectivity index (χ3n) is 6.22. The molecule has 0 unspecified atom stereocenters. The van der Waals surface area contributed by atoms with E-state index in [-0.39, 0.29) is 28.1 Å². The van der Waals surface area contributed by atoms with E-state index in [0.29, 0.717) is 28.8 Å². The first-order valence-corrected chi connectivity index (χ1v) is 11.7. The molecule has 0 saturated carbocycles. The van der Waals surface area contributed by atoms with Gasteiger partial charge in [-0.1, -0.05) is 29.8 Å². The number of piperidine rings is 1. The summed E-state index contributed by atoms with van der Waals surface area (Å²) in [6.07, 6.45) is 0.931. The SMILES string of the molecule is COc1cccc(-c2cc(C(F)(F)F)n3nc(C(=O)N4CCCC[C@H]4c4cccnc4)c(Cl)c3n2)c1. The fraction of sp³-hybridized carbons (Fsp3) is 0.280. The molecule has 36 heavy (non-hydrogen) atoms. The molecule has 1 amide bonds. The number of carbonyl (C=O) groups is 1. The molecule has 11 heteroatoms. The molecule has 1 saturated heterocycles. The van der Waals surface area contributed by atoms with Crippen LogP contribution in [0.3, 0.4) is 0 Å². The van der Waals surface area contributed by atoms with Crippen LogP contribution in [0.1, 0.15) is 47.1 Å². The maximum absolute atomic E-state index is 14.1. The van der Waals surface area contributed by atoms with Crippen LogP contribution in [0.25, 0.3) is 16.9 Å². The third-order valence-corrected chi connectivity index (χ3v) is 6.57. The molecule has 3 aromatic heterocycles. The van der Waals surface area contributed by atoms with Crippen molar-refractivity contribution >= 4 is 23.2 Å². The molecule has 4 aromatic rings. The molecule has 0 bridgehead atoms. The van der Waals surface area contributed by atoms with Crippen molar-refractivity contribution in [3.63, 3.8) is 0 Å². The maximum Gasteiger partial charge on any atom is 0.433 e. The van der Waals surface area contributed by atoms with Crippen LogP contribution in [-0.4, -0.2) is 44.0 Å². The molecule has 1 atom stereocenters. The first kappa shape index (κ1) is 24.1. The number of carbonyl (C=O) groups excluding carboxylic acids is 1. The molecule has 4 heterocycles. The van der Waals surface area contributed by atoms with Crippen molar-refractivity contribution in [3.8, 4) is 17.0 Å². The highest BCUT2D eigenvalue weighted by Crippen LogP contribution is 2.37. The highest BCUT2D eigenvalue weighted by Gasteiger charge is 2.38. The second kappa shape index (κ2) is 9.42. The average Bonchev–Trinajstić information content (AvgIpc) is 3.23. The lowest BCUT2D eigenvalue weighted by Gasteiger charge is -2.35. The van der Waals surface area contributed by atoms with Gasteiger partial charge in [0.05, 0.1) is 18.8 Å². The number of pyridine rings is 1. The molecule has 1 aliphatic rings. The van der Waals surface area contributed by atoms with Crippen LogP contribution in [0.5, 0.6) is 5.75 Å². The number of rotatable bonds is 4. The van der Waals surface area contributed by atoms with Gasteiger partial charge in [0, 0.05) is 24.5 Å². The van der Waals surface area contributed by atoms with E-state index in [1.165, 1.54) is 7.11 Å². The zero-order chi connectivity index (χ0) is 25.4. The van der Waals surface area contributed by atoms with Crippen molar-refractivity contribution in [2.45, 2.75) is 31.5 Å². The van der Waals surface area contributed by atoms with Gasteiger partial charge in [0.1, 0.15) is 10.8 Å². The lowest BCUT2D eigenvalue weighted by Crippen LogP contribution is -2.39. The molecule has 0 N–H and O–H groups in total. The molecule has 0 spiro atoms. The number of benzene rings is 1. The number of likely N-dealkylation sites (tertiary alicyclic amines) is 1. The van der Waals surface area contributed by atoms with Gasteiger partial charge < -0.3 is 9.64 Å². The largest absolute Gasteiger partial charge is 0.497 e. The topological polar surface area (TPSA) is 72.6 Å². The van der Waals surface area contributed by atoms with Crippen LogP contribution in [0.4, 0.5) is 13.2 Å². The Hall–Kier alpha value is -3.66. The van der Waals surface area contributed by atoms with E-state index in [2.05, 4.69) is 15.1 Å². The van der Waals surface area contributed by atoms with Gasteiger partial charge in [0.15, 0.2) is 17.0 Å². The van der Waals surface area contributed by atoms with Crippen LogP contribution in [0, 0.1) is 0 Å². The lowest BCUT2D eigenvalue weighted by molar-refractivity contribution is -0.142. The van der Waals surface area contributed by atoms with E-state index in [1.54, 1.807) is 47.6 Å². The van der Waals surface area contributed by atoms with Crippen molar-refractivity contribution in [1.82, 2.24) is 24.5 Å². The number of methoxy groups -OCH3 is 1. The van der Waals surface area contributed by atoms with Crippen molar-refractivity contribution in [2.75, 3.05) is 13.7 Å². The van der Waals surface area contributed by atoms with Gasteiger partial charge in [-0.3, -0.25) is 9.78 Å². The molecule has 1 fully saturated rings. The van der Waals surface area contributed by atoms with Crippen molar-refractivity contribution < 1.29 is 22.7 Å². The molecule has 5 rings (SSSR count). The molecule has 0 radical (unpaired) electrons. The van der Waals surface area contributed by atoms with E-state index < -0.39 is 17.8 Å². The predicted octanol–water partition coefficient (Wildman–Crippen LogP) is 5.84. The molecule has 186 valence electrons. The zero-order valence-corrected chi connectivity index (χ0v) is 19.9. The van der Waals surface area contributed by atoms with E-state index in [0.717, 1.165) is 24.5 Å². The number of nitrogens with zero attached hydrogens (tertiary/aromatic N) is 5. The first-order valence-electron chi connectivity index (χ1n) is 11.3. The number of aromatic nitrogens is 4. The summed E-state index contributed by atoms with van der Waals surface area (Å²) in [7, 11) is 1.46. The summed E-state index contributed by atoms with van der Waals surface area (Å²) in [5, 5.41) is 3.79. The Morgan fingerprint density at radius 3 is 2.72 bits per heavy atom. The number of alkyl halides is 3. The summed E-state index contributed by atoms with van der Waals surface area (Å²) in [4.78, 5) is 23.7. The van der Waals surface area contributed by atoms with Gasteiger partial charge >= 0.3 is 6.18 Å². The van der Waals surface area contributed by atoms with E-state index in [9.17, 15) is 18.0 Å². The number of halogens is 4. The van der Waals surface area contributed by atoms with Crippen LogP contribution in [0.2, 0.25) is 5.02 Å². The molecular weight excluding hydrogens is 495 g/mol. The summed E-state index contributed by atoms with van der Waals surface area (Å²) in [5.74, 6) is -0.0835. The lowest BCUT2D eigenvalue weighted by atomic mass is 9.96. The number of fused-ring (bicyclic) bond motifs is 1. The molecular formula is C25H21ClF3N5O2. The number of amides is 1. The Labute approximate surface area is 209 Å². The maximum atomic E-state index is 14.1. The number of hydrogen-bond acceptors (Lipinski definition) is 5. The van der Waals surface area contributed by atoms with Gasteiger partial charge in [-0.2, -0.15) is 18.3 Å². The van der Waals surface area contributed by atoms with Crippen molar-refractivity contribution in [1.29, 1.82) is 0 Å². The molecule has 1 aromatic carbocycles. The second-order valence-corrected chi connectivity index (χ2v) is 8.83. The van der Waals surface area contributed by atoms with E-state index in [4.69, 9.17) is 16.3 Å². The first-order chi connectivity index (χ1) is 17.3. The second-order valence-electron chi connectivity index (χ2n) is 8.45. The van der Waals surface area contributed by atoms with Gasteiger partial charge in [-0.15, -0.1) is 0 Å². The smallest absolute Gasteiger partial charge is 0.433 e. The van der Waals surface area contributed by atoms with Gasteiger partial charge in [-0.25, -0.2) is 9.50 Å². The Morgan fingerprint density at radius 2 is 2.00 bits per heavy atom. The van der Waals surface area contributed by atoms with Gasteiger partial charge in [-0.05, 0) is 49.1 Å². The zero-order valence-electron chi connectivity index (χ0n) is 19.2. The van der Waals surface area contributed by atoms with E-state index >= 15 is 0 Å². The number of hydrogen-bond donors (Lipinski definition) is 0. The Bertz CT molecular complexity index is 1420. The molecule has 0 aliphatic carbocycles. The average molecular weight is 516 g/mol. The summed E-state index contributed by atoms with van der Waals surface area (Å²) in [6, 6.07) is 10.8.